The molecule has 3 aliphatic rings. The average Bonchev–Trinajstić information content (AvgIpc) is 3.05. The fraction of sp³-hybridized carbons (Fsp3) is 0.750. The molecule has 0 saturated heterocycles. The first kappa shape index (κ1) is 17.5. The minimum Gasteiger partial charge on any atom is -0.481 e. The smallest absolute Gasteiger partial charge is 0.303 e. The molecule has 0 bridgehead atoms. The van der Waals surface area contributed by atoms with Gasteiger partial charge in [0.15, 0.2) is 0 Å². The quantitative estimate of drug-likeness (QED) is 0.546. The Hall–Kier alpha value is -1.31. The van der Waals surface area contributed by atoms with Gasteiger partial charge in [0.05, 0.1) is 12.0 Å². The van der Waals surface area contributed by atoms with Gasteiger partial charge in [-0.3, -0.25) is 4.79 Å². The van der Waals surface area contributed by atoms with E-state index in [0.717, 1.165) is 32.1 Å². The van der Waals surface area contributed by atoms with Gasteiger partial charge in [-0.2, -0.15) is 0 Å². The molecule has 0 aromatic heterocycles. The van der Waals surface area contributed by atoms with E-state index in [1.807, 2.05) is 0 Å². The van der Waals surface area contributed by atoms with Crippen LogP contribution in [0.25, 0.3) is 0 Å². The van der Waals surface area contributed by atoms with Crippen LogP contribution in [0.15, 0.2) is 11.6 Å². The van der Waals surface area contributed by atoms with Crippen molar-refractivity contribution >= 4 is 5.97 Å². The molecule has 3 N–H and O–H groups in total. The second-order valence-electron chi connectivity index (χ2n) is 7.63. The molecule has 132 valence electrons. The minimum absolute atomic E-state index is 0.0450. The molecule has 0 spiro atoms. The van der Waals surface area contributed by atoms with Gasteiger partial charge < -0.3 is 15.3 Å². The van der Waals surface area contributed by atoms with Crippen LogP contribution in [0.4, 0.5) is 0 Å². The summed E-state index contributed by atoms with van der Waals surface area (Å²) in [4.78, 5) is 10.6. The van der Waals surface area contributed by atoms with Gasteiger partial charge >= 0.3 is 5.97 Å². The number of allylic oxidation sites excluding steroid dienone is 2. The van der Waals surface area contributed by atoms with E-state index in [1.54, 1.807) is 0 Å². The number of fused-ring (bicyclic) bond motifs is 1. The van der Waals surface area contributed by atoms with Gasteiger partial charge in [0.1, 0.15) is 6.10 Å². The zero-order valence-electron chi connectivity index (χ0n) is 14.2. The summed E-state index contributed by atoms with van der Waals surface area (Å²) in [6.45, 7) is 0. The Labute approximate surface area is 144 Å². The number of carboxylic acids is 1. The topological polar surface area (TPSA) is 77.8 Å². The number of carbonyl (C=O) groups is 1. The predicted octanol–water partition coefficient (Wildman–Crippen LogP) is 2.74. The van der Waals surface area contributed by atoms with Crippen molar-refractivity contribution < 1.29 is 20.1 Å². The molecule has 0 radical (unpaired) electrons. The van der Waals surface area contributed by atoms with E-state index in [-0.39, 0.29) is 12.3 Å². The number of aliphatic hydroxyl groups excluding tert-OH is 2. The van der Waals surface area contributed by atoms with Crippen molar-refractivity contribution in [1.82, 2.24) is 0 Å². The molecule has 0 heterocycles. The van der Waals surface area contributed by atoms with Crippen molar-refractivity contribution in [2.45, 2.75) is 70.0 Å². The molecule has 4 nitrogen and oxygen atoms in total. The Morgan fingerprint density at radius 1 is 1.25 bits per heavy atom. The third-order valence-electron chi connectivity index (χ3n) is 6.12. The maximum absolute atomic E-state index is 10.6. The Morgan fingerprint density at radius 2 is 2.00 bits per heavy atom. The number of hydrogen-bond acceptors (Lipinski definition) is 3. The van der Waals surface area contributed by atoms with Crippen molar-refractivity contribution in [2.75, 3.05) is 0 Å². The lowest BCUT2D eigenvalue weighted by molar-refractivity contribution is -0.136. The van der Waals surface area contributed by atoms with E-state index < -0.39 is 18.2 Å². The van der Waals surface area contributed by atoms with Gasteiger partial charge in [0, 0.05) is 6.42 Å². The summed E-state index contributed by atoms with van der Waals surface area (Å²) in [6.07, 6.45) is 9.02. The van der Waals surface area contributed by atoms with Crippen LogP contribution in [0.3, 0.4) is 0 Å². The fourth-order valence-electron chi connectivity index (χ4n) is 4.66. The van der Waals surface area contributed by atoms with Crippen LogP contribution >= 0.6 is 0 Å². The molecule has 5 atom stereocenters. The summed E-state index contributed by atoms with van der Waals surface area (Å²) >= 11 is 0. The molecule has 24 heavy (non-hydrogen) atoms. The zero-order valence-corrected chi connectivity index (χ0v) is 14.2. The monoisotopic (exact) mass is 332 g/mol. The van der Waals surface area contributed by atoms with Crippen LogP contribution in [0.1, 0.15) is 57.8 Å². The molecule has 0 amide bonds. The van der Waals surface area contributed by atoms with Crippen molar-refractivity contribution in [3.8, 4) is 11.8 Å². The normalized spacial score (nSPS) is 35.7. The summed E-state index contributed by atoms with van der Waals surface area (Å²) in [5.41, 5.74) is 1.34. The third kappa shape index (κ3) is 3.84. The van der Waals surface area contributed by atoms with Crippen LogP contribution in [-0.2, 0) is 4.79 Å². The average molecular weight is 332 g/mol. The Bertz CT molecular complexity index is 550. The lowest BCUT2D eigenvalue weighted by Gasteiger charge is -2.48. The standard InChI is InChI=1S/C20H28O4/c21-18(13-4-1-2-5-13)10-9-16-17-12-14(6-3-7-20(23)24)15(17)8-11-19(16)22/h6,13,15-19,21-22H,1-5,7-8,11-12H2,(H,23,24)/t15-,16-,17+,18?,19-/m1/s1. The van der Waals surface area contributed by atoms with Crippen LogP contribution in [0.2, 0.25) is 0 Å². The molecule has 1 unspecified atom stereocenters. The molecule has 3 rings (SSSR count). The summed E-state index contributed by atoms with van der Waals surface area (Å²) in [7, 11) is 0. The summed E-state index contributed by atoms with van der Waals surface area (Å²) in [6, 6.07) is 0. The molecule has 3 aliphatic carbocycles. The molecular weight excluding hydrogens is 304 g/mol. The van der Waals surface area contributed by atoms with E-state index in [2.05, 4.69) is 17.9 Å². The molecule has 3 fully saturated rings. The van der Waals surface area contributed by atoms with Gasteiger partial charge in [0.2, 0.25) is 0 Å². The highest BCUT2D eigenvalue weighted by molar-refractivity contribution is 5.66. The summed E-state index contributed by atoms with van der Waals surface area (Å²) in [5, 5.41) is 29.3. The molecule has 0 aromatic rings. The Balaban J connectivity index is 1.59. The highest BCUT2D eigenvalue weighted by Crippen LogP contribution is 2.51. The van der Waals surface area contributed by atoms with Crippen LogP contribution in [0.5, 0.6) is 0 Å². The van der Waals surface area contributed by atoms with Crippen LogP contribution in [0, 0.1) is 35.5 Å². The van der Waals surface area contributed by atoms with Crippen molar-refractivity contribution in [3.63, 3.8) is 0 Å². The highest BCUT2D eigenvalue weighted by Gasteiger charge is 2.46. The van der Waals surface area contributed by atoms with Crippen LogP contribution < -0.4 is 0 Å². The second-order valence-corrected chi connectivity index (χ2v) is 7.63. The second kappa shape index (κ2) is 7.72. The number of rotatable bonds is 4. The first-order valence-electron chi connectivity index (χ1n) is 9.34. The van der Waals surface area contributed by atoms with Crippen molar-refractivity contribution in [2.24, 2.45) is 23.7 Å². The Kier molecular flexibility index (Phi) is 5.63. The van der Waals surface area contributed by atoms with Gasteiger partial charge in [0.25, 0.3) is 0 Å². The van der Waals surface area contributed by atoms with Gasteiger partial charge in [-0.1, -0.05) is 36.3 Å². The third-order valence-corrected chi connectivity index (χ3v) is 6.12. The summed E-state index contributed by atoms with van der Waals surface area (Å²) in [5.74, 6) is 6.56. The lowest BCUT2D eigenvalue weighted by Crippen LogP contribution is -2.44. The minimum atomic E-state index is -0.758. The number of hydrogen-bond donors (Lipinski definition) is 3. The molecule has 4 heteroatoms. The van der Waals surface area contributed by atoms with E-state index >= 15 is 0 Å². The zero-order chi connectivity index (χ0) is 17.1. The van der Waals surface area contributed by atoms with Crippen molar-refractivity contribution in [1.29, 1.82) is 0 Å². The van der Waals surface area contributed by atoms with E-state index in [1.165, 1.54) is 18.4 Å². The van der Waals surface area contributed by atoms with E-state index in [9.17, 15) is 15.0 Å². The number of carboxylic acid groups (broad SMARTS) is 1. The fourth-order valence-corrected chi connectivity index (χ4v) is 4.66. The van der Waals surface area contributed by atoms with Gasteiger partial charge in [-0.25, -0.2) is 0 Å². The predicted molar refractivity (Wildman–Crippen MR) is 91.0 cm³/mol. The number of aliphatic carboxylic acids is 1. The first-order chi connectivity index (χ1) is 11.6. The van der Waals surface area contributed by atoms with Crippen molar-refractivity contribution in [3.05, 3.63) is 11.6 Å². The maximum atomic E-state index is 10.6. The van der Waals surface area contributed by atoms with Gasteiger partial charge in [-0.15, -0.1) is 0 Å². The Morgan fingerprint density at radius 3 is 2.71 bits per heavy atom. The van der Waals surface area contributed by atoms with E-state index in [4.69, 9.17) is 5.11 Å². The largest absolute Gasteiger partial charge is 0.481 e. The summed E-state index contributed by atoms with van der Waals surface area (Å²) < 4.78 is 0. The maximum Gasteiger partial charge on any atom is 0.303 e. The van der Waals surface area contributed by atoms with Crippen LogP contribution in [-0.4, -0.2) is 33.5 Å². The van der Waals surface area contributed by atoms with E-state index in [0.29, 0.717) is 24.2 Å². The lowest BCUT2D eigenvalue weighted by atomic mass is 9.57. The number of aliphatic hydroxyl groups is 2. The van der Waals surface area contributed by atoms with Gasteiger partial charge in [-0.05, 0) is 56.3 Å². The highest BCUT2D eigenvalue weighted by atomic mass is 16.4. The first-order valence-corrected chi connectivity index (χ1v) is 9.34. The molecular formula is C20H28O4. The molecule has 0 aliphatic heterocycles. The SMILES string of the molecule is O=C(O)CCC=C1C[C@@H]2[C@@H](C#CC(O)C3CCCC3)[C@H](O)CC[C@H]12. The molecule has 0 aromatic carbocycles. The molecule has 3 saturated carbocycles.